The molecule has 1 saturated heterocycles. The maximum atomic E-state index is 12.7. The van der Waals surface area contributed by atoms with Crippen molar-refractivity contribution in [2.75, 3.05) is 18.8 Å². The number of rotatable bonds is 8. The lowest BCUT2D eigenvalue weighted by atomic mass is 10.1. The Kier molecular flexibility index (Phi) is 8.60. The molecule has 11 heteroatoms. The number of benzene rings is 1. The van der Waals surface area contributed by atoms with Gasteiger partial charge in [-0.3, -0.25) is 14.9 Å². The van der Waals surface area contributed by atoms with Crippen molar-refractivity contribution in [3.8, 4) is 6.07 Å². The number of nitrogens with one attached hydrogen (secondary N) is 1. The Bertz CT molecular complexity index is 783. The van der Waals surface area contributed by atoms with Crippen LogP contribution in [0.3, 0.4) is 0 Å². The van der Waals surface area contributed by atoms with Crippen molar-refractivity contribution in [1.29, 1.82) is 5.26 Å². The Morgan fingerprint density at radius 3 is 2.76 bits per heavy atom. The SMILES string of the molecule is CCSC(C(=O)NCC#N)[C@@H]1C[C@H](S)CN1C(=O)OCc1ccc([N+](=O)[O-])cc1. The number of thiol groups is 1. The summed E-state index contributed by atoms with van der Waals surface area (Å²) < 4.78 is 5.37. The molecule has 0 aromatic heterocycles. The highest BCUT2D eigenvalue weighted by Crippen LogP contribution is 2.31. The van der Waals surface area contributed by atoms with Crippen molar-refractivity contribution in [1.82, 2.24) is 10.2 Å². The number of nitro benzene ring substituents is 1. The van der Waals surface area contributed by atoms with Crippen LogP contribution in [0.4, 0.5) is 10.5 Å². The monoisotopic (exact) mass is 438 g/mol. The fourth-order valence-electron chi connectivity index (χ4n) is 3.05. The van der Waals surface area contributed by atoms with Crippen LogP contribution in [0.2, 0.25) is 0 Å². The lowest BCUT2D eigenvalue weighted by Gasteiger charge is -2.29. The third-order valence-electron chi connectivity index (χ3n) is 4.36. The van der Waals surface area contributed by atoms with Gasteiger partial charge in [-0.25, -0.2) is 4.79 Å². The molecule has 0 spiro atoms. The van der Waals surface area contributed by atoms with E-state index in [0.717, 1.165) is 0 Å². The topological polar surface area (TPSA) is 126 Å². The van der Waals surface area contributed by atoms with Crippen LogP contribution in [-0.2, 0) is 16.1 Å². The molecule has 0 aliphatic carbocycles. The zero-order chi connectivity index (χ0) is 21.4. The fourth-order valence-corrected chi connectivity index (χ4v) is 4.52. The third-order valence-corrected chi connectivity index (χ3v) is 5.96. The minimum Gasteiger partial charge on any atom is -0.445 e. The highest BCUT2D eigenvalue weighted by Gasteiger charge is 2.42. The lowest BCUT2D eigenvalue weighted by molar-refractivity contribution is -0.384. The van der Waals surface area contributed by atoms with Gasteiger partial charge in [0.15, 0.2) is 0 Å². The quantitative estimate of drug-likeness (QED) is 0.276. The van der Waals surface area contributed by atoms with Gasteiger partial charge in [-0.15, -0.1) is 11.8 Å². The van der Waals surface area contributed by atoms with Crippen LogP contribution < -0.4 is 5.32 Å². The molecule has 1 fully saturated rings. The number of carbonyl (C=O) groups is 2. The number of carbonyl (C=O) groups excluding carboxylic acids is 2. The molecule has 1 unspecified atom stereocenters. The van der Waals surface area contributed by atoms with Crippen LogP contribution in [0.25, 0.3) is 0 Å². The number of likely N-dealkylation sites (tertiary alicyclic amines) is 1. The number of nitrogens with zero attached hydrogens (tertiary/aromatic N) is 3. The van der Waals surface area contributed by atoms with Crippen molar-refractivity contribution in [3.63, 3.8) is 0 Å². The van der Waals surface area contributed by atoms with Crippen LogP contribution in [0.5, 0.6) is 0 Å². The molecule has 156 valence electrons. The Balaban J connectivity index is 2.05. The highest BCUT2D eigenvalue weighted by molar-refractivity contribution is 8.00. The second-order valence-electron chi connectivity index (χ2n) is 6.34. The van der Waals surface area contributed by atoms with Gasteiger partial charge in [0.05, 0.1) is 17.0 Å². The predicted octanol–water partition coefficient (Wildman–Crippen LogP) is 2.37. The summed E-state index contributed by atoms with van der Waals surface area (Å²) in [6, 6.07) is 7.22. The van der Waals surface area contributed by atoms with Gasteiger partial charge >= 0.3 is 6.09 Å². The molecule has 0 radical (unpaired) electrons. The summed E-state index contributed by atoms with van der Waals surface area (Å²) in [6.07, 6.45) is -0.0346. The molecule has 29 heavy (non-hydrogen) atoms. The van der Waals surface area contributed by atoms with Gasteiger partial charge in [-0.05, 0) is 29.9 Å². The van der Waals surface area contributed by atoms with Crippen LogP contribution in [0.15, 0.2) is 24.3 Å². The molecule has 2 amide bonds. The molecule has 1 aliphatic rings. The van der Waals surface area contributed by atoms with Gasteiger partial charge in [0.1, 0.15) is 18.4 Å². The van der Waals surface area contributed by atoms with Gasteiger partial charge in [-0.2, -0.15) is 17.9 Å². The summed E-state index contributed by atoms with van der Waals surface area (Å²) in [4.78, 5) is 36.9. The zero-order valence-electron chi connectivity index (χ0n) is 15.8. The second kappa shape index (κ2) is 10.9. The molecular formula is C18H22N4O5S2. The molecule has 1 aromatic rings. The molecule has 1 aliphatic heterocycles. The first kappa shape index (κ1) is 22.8. The summed E-state index contributed by atoms with van der Waals surface area (Å²) >= 11 is 5.87. The zero-order valence-corrected chi connectivity index (χ0v) is 17.5. The van der Waals surface area contributed by atoms with Crippen LogP contribution in [0, 0.1) is 21.4 Å². The number of hydrogen-bond acceptors (Lipinski definition) is 8. The van der Waals surface area contributed by atoms with Crippen LogP contribution in [-0.4, -0.2) is 57.2 Å². The second-order valence-corrected chi connectivity index (χ2v) is 8.49. The van der Waals surface area contributed by atoms with Crippen LogP contribution in [0.1, 0.15) is 18.9 Å². The highest BCUT2D eigenvalue weighted by atomic mass is 32.2. The molecule has 2 rings (SSSR count). The first-order valence-electron chi connectivity index (χ1n) is 8.98. The first-order valence-corrected chi connectivity index (χ1v) is 10.5. The van der Waals surface area contributed by atoms with E-state index in [1.165, 1.54) is 40.9 Å². The van der Waals surface area contributed by atoms with E-state index in [1.807, 2.05) is 13.0 Å². The number of non-ortho nitro benzene ring substituents is 1. The third kappa shape index (κ3) is 6.27. The molecule has 3 atom stereocenters. The van der Waals surface area contributed by atoms with Crippen molar-refractivity contribution in [2.24, 2.45) is 0 Å². The maximum absolute atomic E-state index is 12.7. The van der Waals surface area contributed by atoms with Gasteiger partial charge in [0, 0.05) is 23.9 Å². The average molecular weight is 439 g/mol. The number of ether oxygens (including phenoxy) is 1. The van der Waals surface area contributed by atoms with E-state index in [0.29, 0.717) is 24.3 Å². The fraction of sp³-hybridized carbons (Fsp3) is 0.500. The number of thioether (sulfide) groups is 1. The molecule has 1 aromatic carbocycles. The van der Waals surface area contributed by atoms with Crippen LogP contribution >= 0.6 is 24.4 Å². The first-order chi connectivity index (χ1) is 13.9. The normalized spacial score (nSPS) is 19.3. The van der Waals surface area contributed by atoms with Gasteiger partial charge < -0.3 is 15.0 Å². The summed E-state index contributed by atoms with van der Waals surface area (Å²) in [5.74, 6) is 0.378. The molecule has 9 nitrogen and oxygen atoms in total. The van der Waals surface area contributed by atoms with Gasteiger partial charge in [0.25, 0.3) is 5.69 Å². The lowest BCUT2D eigenvalue weighted by Crippen LogP contribution is -2.48. The number of amides is 2. The van der Waals surface area contributed by atoms with E-state index >= 15 is 0 Å². The van der Waals surface area contributed by atoms with E-state index in [1.54, 1.807) is 0 Å². The summed E-state index contributed by atoms with van der Waals surface area (Å²) in [5, 5.41) is 21.3. The number of nitriles is 1. The Labute approximate surface area is 178 Å². The minimum atomic E-state index is -0.570. The summed E-state index contributed by atoms with van der Waals surface area (Å²) in [7, 11) is 0. The van der Waals surface area contributed by atoms with Crippen molar-refractivity contribution >= 4 is 42.1 Å². The predicted molar refractivity (Wildman–Crippen MR) is 112 cm³/mol. The van der Waals surface area contributed by atoms with Crippen molar-refractivity contribution in [3.05, 3.63) is 39.9 Å². The maximum Gasteiger partial charge on any atom is 0.410 e. The largest absolute Gasteiger partial charge is 0.445 e. The Morgan fingerprint density at radius 2 is 2.17 bits per heavy atom. The molecular weight excluding hydrogens is 416 g/mol. The van der Waals surface area contributed by atoms with E-state index in [4.69, 9.17) is 10.00 Å². The molecule has 1 heterocycles. The Morgan fingerprint density at radius 1 is 1.48 bits per heavy atom. The minimum absolute atomic E-state index is 0.0382. The number of hydrogen-bond donors (Lipinski definition) is 2. The van der Waals surface area contributed by atoms with E-state index < -0.39 is 22.3 Å². The molecule has 0 saturated carbocycles. The smallest absolute Gasteiger partial charge is 0.410 e. The average Bonchev–Trinajstić information content (AvgIpc) is 3.10. The van der Waals surface area contributed by atoms with E-state index in [-0.39, 0.29) is 30.0 Å². The molecule has 0 bridgehead atoms. The van der Waals surface area contributed by atoms with E-state index in [2.05, 4.69) is 17.9 Å². The van der Waals surface area contributed by atoms with Gasteiger partial charge in [-0.1, -0.05) is 6.92 Å². The summed E-state index contributed by atoms with van der Waals surface area (Å²) in [5.41, 5.74) is 0.578. The van der Waals surface area contributed by atoms with E-state index in [9.17, 15) is 19.7 Å². The summed E-state index contributed by atoms with van der Waals surface area (Å²) in [6.45, 7) is 2.13. The standard InChI is InChI=1S/C18H22N4O5S2/c1-2-29-16(17(23)20-8-7-19)15-9-14(28)10-21(15)18(24)27-11-12-3-5-13(6-4-12)22(25)26/h3-6,14-16,28H,2,8-11H2,1H3,(H,20,23)/t14-,15-,16?/m0/s1. The van der Waals surface area contributed by atoms with Gasteiger partial charge in [0.2, 0.25) is 5.91 Å². The van der Waals surface area contributed by atoms with Crippen molar-refractivity contribution in [2.45, 2.75) is 36.5 Å². The number of nitro groups is 1. The Hall–Kier alpha value is -2.45. The van der Waals surface area contributed by atoms with Crippen molar-refractivity contribution < 1.29 is 19.2 Å². The molecule has 1 N–H and O–H groups in total.